The number of carbonyl (C=O) groups is 1. The van der Waals surface area contributed by atoms with Crippen molar-refractivity contribution in [3.63, 3.8) is 0 Å². The maximum atomic E-state index is 13.3. The fourth-order valence-electron chi connectivity index (χ4n) is 4.79. The average Bonchev–Trinajstić information content (AvgIpc) is 3.54. The van der Waals surface area contributed by atoms with E-state index >= 15 is 0 Å². The van der Waals surface area contributed by atoms with Crippen molar-refractivity contribution in [1.82, 2.24) is 24.2 Å². The number of halogens is 1. The number of likely N-dealkylation sites (tertiary alicyclic amines) is 1. The molecule has 3 aromatic rings. The van der Waals surface area contributed by atoms with Crippen LogP contribution in [-0.2, 0) is 14.3 Å². The Bertz CT molecular complexity index is 1290. The number of hydrogen-bond donors (Lipinski definition) is 0. The zero-order valence-corrected chi connectivity index (χ0v) is 19.3. The van der Waals surface area contributed by atoms with Crippen LogP contribution in [0.2, 0.25) is 5.02 Å². The van der Waals surface area contributed by atoms with Crippen molar-refractivity contribution in [1.29, 1.82) is 0 Å². The van der Waals surface area contributed by atoms with Crippen LogP contribution in [0.1, 0.15) is 25.3 Å². The van der Waals surface area contributed by atoms with Gasteiger partial charge in [-0.3, -0.25) is 14.2 Å². The molecule has 2 fully saturated rings. The van der Waals surface area contributed by atoms with E-state index in [0.717, 1.165) is 5.69 Å². The molecule has 0 N–H and O–H groups in total. The SMILES string of the molecule is O=C(CC1CSc2nc3c(cnn3-c3cccc(Cl)c3)c(=O)n21)N1CCC2(CC1)OCCO2. The van der Waals surface area contributed by atoms with Crippen molar-refractivity contribution >= 4 is 40.3 Å². The molecule has 11 heteroatoms. The van der Waals surface area contributed by atoms with E-state index in [2.05, 4.69) is 5.10 Å². The molecule has 6 rings (SSSR count). The molecule has 0 aliphatic carbocycles. The predicted molar refractivity (Wildman–Crippen MR) is 123 cm³/mol. The number of benzene rings is 1. The van der Waals surface area contributed by atoms with Crippen molar-refractivity contribution in [3.8, 4) is 5.69 Å². The van der Waals surface area contributed by atoms with E-state index in [1.54, 1.807) is 21.4 Å². The number of hydrogen-bond acceptors (Lipinski definition) is 7. The fourth-order valence-corrected chi connectivity index (χ4v) is 6.11. The number of fused-ring (bicyclic) bond motifs is 2. The smallest absolute Gasteiger partial charge is 0.265 e. The highest BCUT2D eigenvalue weighted by Crippen LogP contribution is 2.35. The summed E-state index contributed by atoms with van der Waals surface area (Å²) in [5, 5.41) is 5.99. The number of aromatic nitrogens is 4. The summed E-state index contributed by atoms with van der Waals surface area (Å²) in [5.41, 5.74) is 1.06. The summed E-state index contributed by atoms with van der Waals surface area (Å²) in [5.74, 6) is 0.167. The normalized spacial score (nSPS) is 21.7. The summed E-state index contributed by atoms with van der Waals surface area (Å²) in [6.45, 7) is 2.43. The average molecular weight is 488 g/mol. The molecule has 0 saturated carbocycles. The zero-order chi connectivity index (χ0) is 22.6. The Balaban J connectivity index is 1.24. The van der Waals surface area contributed by atoms with Crippen LogP contribution in [0.25, 0.3) is 16.7 Å². The zero-order valence-electron chi connectivity index (χ0n) is 17.8. The van der Waals surface area contributed by atoms with Gasteiger partial charge >= 0.3 is 0 Å². The van der Waals surface area contributed by atoms with Crippen LogP contribution in [0.5, 0.6) is 0 Å². The van der Waals surface area contributed by atoms with Crippen molar-refractivity contribution in [3.05, 3.63) is 45.8 Å². The molecular weight excluding hydrogens is 466 g/mol. The Kier molecular flexibility index (Phi) is 5.21. The lowest BCUT2D eigenvalue weighted by atomic mass is 10.0. The molecule has 9 nitrogen and oxygen atoms in total. The van der Waals surface area contributed by atoms with Crippen molar-refractivity contribution in [2.24, 2.45) is 0 Å². The van der Waals surface area contributed by atoms with Gasteiger partial charge in [-0.15, -0.1) is 0 Å². The van der Waals surface area contributed by atoms with Crippen molar-refractivity contribution in [2.75, 3.05) is 32.1 Å². The van der Waals surface area contributed by atoms with E-state index in [1.807, 2.05) is 17.0 Å². The monoisotopic (exact) mass is 487 g/mol. The molecule has 33 heavy (non-hydrogen) atoms. The van der Waals surface area contributed by atoms with Crippen molar-refractivity contribution in [2.45, 2.75) is 36.2 Å². The minimum atomic E-state index is -0.512. The van der Waals surface area contributed by atoms with Crippen LogP contribution in [0.3, 0.4) is 0 Å². The van der Waals surface area contributed by atoms with Crippen LogP contribution in [0.15, 0.2) is 40.4 Å². The van der Waals surface area contributed by atoms with Gasteiger partial charge in [0.25, 0.3) is 5.56 Å². The van der Waals surface area contributed by atoms with E-state index in [1.165, 1.54) is 18.0 Å². The number of thioether (sulfide) groups is 1. The molecule has 1 amide bonds. The molecule has 0 bridgehead atoms. The highest BCUT2D eigenvalue weighted by atomic mass is 35.5. The minimum absolute atomic E-state index is 0.0444. The molecule has 1 unspecified atom stereocenters. The summed E-state index contributed by atoms with van der Waals surface area (Å²) < 4.78 is 14.8. The predicted octanol–water partition coefficient (Wildman–Crippen LogP) is 2.64. The standard InChI is InChI=1S/C22H22ClN5O4S/c23-14-2-1-3-15(10-14)28-19-17(12-24-28)20(30)27-16(13-33-21(27)25-19)11-18(29)26-6-4-22(5-7-26)31-8-9-32-22/h1-3,10,12,16H,4-9,11,13H2. The summed E-state index contributed by atoms with van der Waals surface area (Å²) in [4.78, 5) is 33.0. The third-order valence-electron chi connectivity index (χ3n) is 6.53. The van der Waals surface area contributed by atoms with E-state index in [0.29, 0.717) is 66.1 Å². The Labute approximate surface area is 198 Å². The van der Waals surface area contributed by atoms with Crippen LogP contribution in [-0.4, -0.2) is 68.0 Å². The third kappa shape index (κ3) is 3.65. The summed E-state index contributed by atoms with van der Waals surface area (Å²) in [7, 11) is 0. The van der Waals surface area contributed by atoms with Crippen LogP contribution in [0, 0.1) is 0 Å². The van der Waals surface area contributed by atoms with Gasteiger partial charge in [0.15, 0.2) is 16.6 Å². The number of amides is 1. The minimum Gasteiger partial charge on any atom is -0.347 e. The first-order chi connectivity index (χ1) is 16.0. The number of piperidine rings is 1. The number of rotatable bonds is 3. The maximum Gasteiger partial charge on any atom is 0.265 e. The third-order valence-corrected chi connectivity index (χ3v) is 7.86. The molecule has 1 spiro atoms. The largest absolute Gasteiger partial charge is 0.347 e. The molecule has 0 radical (unpaired) electrons. The van der Waals surface area contributed by atoms with Gasteiger partial charge in [0.05, 0.1) is 31.1 Å². The summed E-state index contributed by atoms with van der Waals surface area (Å²) in [6, 6.07) is 7.02. The first-order valence-corrected chi connectivity index (χ1v) is 12.3. The Morgan fingerprint density at radius 2 is 2.03 bits per heavy atom. The lowest BCUT2D eigenvalue weighted by Gasteiger charge is -2.37. The van der Waals surface area contributed by atoms with E-state index in [4.69, 9.17) is 26.1 Å². The lowest BCUT2D eigenvalue weighted by molar-refractivity contribution is -0.187. The van der Waals surface area contributed by atoms with E-state index < -0.39 is 5.79 Å². The molecular formula is C22H22ClN5O4S. The molecule has 3 aliphatic rings. The Morgan fingerprint density at radius 3 is 2.79 bits per heavy atom. The molecule has 2 saturated heterocycles. The molecule has 1 aromatic carbocycles. The highest BCUT2D eigenvalue weighted by molar-refractivity contribution is 7.99. The topological polar surface area (TPSA) is 91.5 Å². The van der Waals surface area contributed by atoms with Gasteiger partial charge in [-0.05, 0) is 18.2 Å². The van der Waals surface area contributed by atoms with E-state index in [9.17, 15) is 9.59 Å². The first kappa shape index (κ1) is 21.2. The van der Waals surface area contributed by atoms with Gasteiger partial charge in [-0.25, -0.2) is 9.67 Å². The van der Waals surface area contributed by atoms with Crippen LogP contribution >= 0.6 is 23.4 Å². The summed E-state index contributed by atoms with van der Waals surface area (Å²) in [6.07, 6.45) is 3.16. The first-order valence-electron chi connectivity index (χ1n) is 11.0. The molecule has 1 atom stereocenters. The van der Waals surface area contributed by atoms with Crippen LogP contribution in [0.4, 0.5) is 0 Å². The molecule has 5 heterocycles. The lowest BCUT2D eigenvalue weighted by Crippen LogP contribution is -2.47. The van der Waals surface area contributed by atoms with Gasteiger partial charge < -0.3 is 14.4 Å². The van der Waals surface area contributed by atoms with Crippen LogP contribution < -0.4 is 5.56 Å². The summed E-state index contributed by atoms with van der Waals surface area (Å²) >= 11 is 7.62. The number of nitrogens with zero attached hydrogens (tertiary/aromatic N) is 5. The maximum absolute atomic E-state index is 13.3. The van der Waals surface area contributed by atoms with E-state index in [-0.39, 0.29) is 23.9 Å². The number of ether oxygens (including phenoxy) is 2. The second-order valence-corrected chi connectivity index (χ2v) is 9.92. The van der Waals surface area contributed by atoms with Gasteiger partial charge in [0.1, 0.15) is 5.39 Å². The van der Waals surface area contributed by atoms with Gasteiger partial charge in [-0.1, -0.05) is 29.4 Å². The second kappa shape index (κ2) is 8.12. The molecule has 172 valence electrons. The van der Waals surface area contributed by atoms with Gasteiger partial charge in [0, 0.05) is 43.1 Å². The fraction of sp³-hybridized carbons (Fsp3) is 0.455. The second-order valence-electron chi connectivity index (χ2n) is 8.50. The number of carbonyl (C=O) groups excluding carboxylic acids is 1. The quantitative estimate of drug-likeness (QED) is 0.524. The molecule has 2 aromatic heterocycles. The van der Waals surface area contributed by atoms with Gasteiger partial charge in [-0.2, -0.15) is 5.10 Å². The molecule has 3 aliphatic heterocycles. The van der Waals surface area contributed by atoms with Crippen molar-refractivity contribution < 1.29 is 14.3 Å². The Hall–Kier alpha value is -2.40. The van der Waals surface area contributed by atoms with Gasteiger partial charge in [0.2, 0.25) is 5.91 Å². The Morgan fingerprint density at radius 1 is 1.24 bits per heavy atom. The highest BCUT2D eigenvalue weighted by Gasteiger charge is 2.41.